The van der Waals surface area contributed by atoms with Gasteiger partial charge in [0.25, 0.3) is 0 Å². The number of rotatable bonds is 3. The van der Waals surface area contributed by atoms with Gasteiger partial charge in [-0.2, -0.15) is 15.0 Å². The Morgan fingerprint density at radius 2 is 1.85 bits per heavy atom. The Labute approximate surface area is 116 Å². The van der Waals surface area contributed by atoms with Crippen LogP contribution < -0.4 is 0 Å². The third-order valence-electron chi connectivity index (χ3n) is 3.03. The molecule has 0 radical (unpaired) electrons. The number of pyridine rings is 1. The van der Waals surface area contributed by atoms with E-state index in [0.29, 0.717) is 11.3 Å². The number of para-hydroxylation sites is 1. The second kappa shape index (κ2) is 5.22. The molecule has 100 valence electrons. The van der Waals surface area contributed by atoms with E-state index in [1.165, 1.54) is 4.80 Å². The standard InChI is InChI=1S/C15H14N4O/c1-11-7-8-12(9-16-11)15(20)14-10-17-19(18-14)13-5-3-2-4-6-13/h2-10,15,20H,1H3. The monoisotopic (exact) mass is 266 g/mol. The smallest absolute Gasteiger partial charge is 0.126 e. The number of hydrogen-bond acceptors (Lipinski definition) is 4. The summed E-state index contributed by atoms with van der Waals surface area (Å²) in [5.41, 5.74) is 2.97. The lowest BCUT2D eigenvalue weighted by atomic mass is 10.1. The molecule has 0 aliphatic carbocycles. The van der Waals surface area contributed by atoms with Crippen LogP contribution in [0.15, 0.2) is 54.9 Å². The minimum atomic E-state index is -0.819. The molecule has 2 aromatic heterocycles. The number of hydrogen-bond donors (Lipinski definition) is 1. The fourth-order valence-electron chi connectivity index (χ4n) is 1.90. The fraction of sp³-hybridized carbons (Fsp3) is 0.133. The normalized spacial score (nSPS) is 12.3. The molecule has 1 unspecified atom stereocenters. The van der Waals surface area contributed by atoms with Gasteiger partial charge in [-0.3, -0.25) is 4.98 Å². The Morgan fingerprint density at radius 1 is 1.05 bits per heavy atom. The number of aliphatic hydroxyl groups excluding tert-OH is 1. The third-order valence-corrected chi connectivity index (χ3v) is 3.03. The second-order valence-electron chi connectivity index (χ2n) is 4.53. The maximum absolute atomic E-state index is 10.3. The first-order valence-electron chi connectivity index (χ1n) is 6.32. The van der Waals surface area contributed by atoms with Crippen molar-refractivity contribution in [3.8, 4) is 5.69 Å². The first-order chi connectivity index (χ1) is 9.74. The third kappa shape index (κ3) is 2.44. The Morgan fingerprint density at radius 3 is 2.55 bits per heavy atom. The Balaban J connectivity index is 1.88. The van der Waals surface area contributed by atoms with Crippen LogP contribution in [-0.2, 0) is 0 Å². The van der Waals surface area contributed by atoms with Crippen molar-refractivity contribution in [1.29, 1.82) is 0 Å². The van der Waals surface area contributed by atoms with Crippen LogP contribution in [0.3, 0.4) is 0 Å². The largest absolute Gasteiger partial charge is 0.382 e. The summed E-state index contributed by atoms with van der Waals surface area (Å²) < 4.78 is 0. The molecule has 2 heterocycles. The van der Waals surface area contributed by atoms with Crippen LogP contribution in [0.2, 0.25) is 0 Å². The lowest BCUT2D eigenvalue weighted by molar-refractivity contribution is 0.214. The van der Waals surface area contributed by atoms with E-state index < -0.39 is 6.10 Å². The van der Waals surface area contributed by atoms with Crippen molar-refractivity contribution in [2.75, 3.05) is 0 Å². The zero-order valence-corrected chi connectivity index (χ0v) is 11.0. The van der Waals surface area contributed by atoms with Crippen molar-refractivity contribution in [2.24, 2.45) is 0 Å². The lowest BCUT2D eigenvalue weighted by Gasteiger charge is -2.07. The summed E-state index contributed by atoms with van der Waals surface area (Å²) >= 11 is 0. The average Bonchev–Trinajstić information content (AvgIpc) is 2.98. The van der Waals surface area contributed by atoms with Gasteiger partial charge in [0.15, 0.2) is 0 Å². The molecule has 1 N–H and O–H groups in total. The number of aryl methyl sites for hydroxylation is 1. The predicted octanol–water partition coefficient (Wildman–Crippen LogP) is 2.05. The molecular formula is C15H14N4O. The van der Waals surface area contributed by atoms with Gasteiger partial charge in [-0.1, -0.05) is 24.3 Å². The minimum Gasteiger partial charge on any atom is -0.382 e. The van der Waals surface area contributed by atoms with Gasteiger partial charge in [0.2, 0.25) is 0 Å². The van der Waals surface area contributed by atoms with E-state index in [0.717, 1.165) is 11.4 Å². The van der Waals surface area contributed by atoms with E-state index in [4.69, 9.17) is 0 Å². The molecule has 0 aliphatic rings. The molecule has 0 amide bonds. The van der Waals surface area contributed by atoms with Gasteiger partial charge >= 0.3 is 0 Å². The Kier molecular flexibility index (Phi) is 3.26. The molecular weight excluding hydrogens is 252 g/mol. The summed E-state index contributed by atoms with van der Waals surface area (Å²) in [5, 5.41) is 18.8. The molecule has 20 heavy (non-hydrogen) atoms. The predicted molar refractivity (Wildman–Crippen MR) is 74.4 cm³/mol. The summed E-state index contributed by atoms with van der Waals surface area (Å²) in [7, 11) is 0. The lowest BCUT2D eigenvalue weighted by Crippen LogP contribution is -2.03. The highest BCUT2D eigenvalue weighted by Gasteiger charge is 2.15. The van der Waals surface area contributed by atoms with Crippen LogP contribution in [0.1, 0.15) is 23.1 Å². The SMILES string of the molecule is Cc1ccc(C(O)c2cnn(-c3ccccc3)n2)cn1. The molecule has 5 nitrogen and oxygen atoms in total. The highest BCUT2D eigenvalue weighted by Crippen LogP contribution is 2.19. The van der Waals surface area contributed by atoms with Crippen molar-refractivity contribution in [1.82, 2.24) is 20.0 Å². The van der Waals surface area contributed by atoms with Crippen molar-refractivity contribution in [3.05, 3.63) is 71.8 Å². The molecule has 0 aliphatic heterocycles. The Hall–Kier alpha value is -2.53. The van der Waals surface area contributed by atoms with Crippen molar-refractivity contribution in [2.45, 2.75) is 13.0 Å². The van der Waals surface area contributed by atoms with Crippen LogP contribution in [-0.4, -0.2) is 25.1 Å². The van der Waals surface area contributed by atoms with Gasteiger partial charge in [0.05, 0.1) is 11.9 Å². The van der Waals surface area contributed by atoms with Crippen molar-refractivity contribution >= 4 is 0 Å². The topological polar surface area (TPSA) is 63.8 Å². The molecule has 3 rings (SSSR count). The zero-order chi connectivity index (χ0) is 13.9. The first-order valence-corrected chi connectivity index (χ1v) is 6.32. The van der Waals surface area contributed by atoms with Crippen LogP contribution in [0, 0.1) is 6.92 Å². The molecule has 1 atom stereocenters. The van der Waals surface area contributed by atoms with Gasteiger partial charge in [0.1, 0.15) is 11.8 Å². The molecule has 3 aromatic rings. The highest BCUT2D eigenvalue weighted by molar-refractivity contribution is 5.29. The fourth-order valence-corrected chi connectivity index (χ4v) is 1.90. The number of aromatic nitrogens is 4. The van der Waals surface area contributed by atoms with E-state index in [1.54, 1.807) is 12.4 Å². The van der Waals surface area contributed by atoms with Crippen LogP contribution >= 0.6 is 0 Å². The zero-order valence-electron chi connectivity index (χ0n) is 11.0. The number of aliphatic hydroxyl groups is 1. The quantitative estimate of drug-likeness (QED) is 0.788. The summed E-state index contributed by atoms with van der Waals surface area (Å²) in [4.78, 5) is 5.68. The van der Waals surface area contributed by atoms with Crippen LogP contribution in [0.25, 0.3) is 5.69 Å². The van der Waals surface area contributed by atoms with E-state index in [1.807, 2.05) is 49.4 Å². The minimum absolute atomic E-state index is 0.500. The second-order valence-corrected chi connectivity index (χ2v) is 4.53. The molecule has 1 aromatic carbocycles. The van der Waals surface area contributed by atoms with E-state index in [-0.39, 0.29) is 0 Å². The van der Waals surface area contributed by atoms with Gasteiger partial charge < -0.3 is 5.11 Å². The van der Waals surface area contributed by atoms with E-state index in [2.05, 4.69) is 15.2 Å². The van der Waals surface area contributed by atoms with Gasteiger partial charge in [-0.15, -0.1) is 0 Å². The number of benzene rings is 1. The first kappa shape index (κ1) is 12.5. The molecule has 0 fully saturated rings. The maximum Gasteiger partial charge on any atom is 0.126 e. The van der Waals surface area contributed by atoms with E-state index in [9.17, 15) is 5.11 Å². The van der Waals surface area contributed by atoms with Gasteiger partial charge in [-0.05, 0) is 25.1 Å². The molecule has 5 heteroatoms. The summed E-state index contributed by atoms with van der Waals surface area (Å²) in [6.45, 7) is 1.90. The van der Waals surface area contributed by atoms with Crippen molar-refractivity contribution in [3.63, 3.8) is 0 Å². The summed E-state index contributed by atoms with van der Waals surface area (Å²) in [5.74, 6) is 0. The average molecular weight is 266 g/mol. The molecule has 0 bridgehead atoms. The number of nitrogens with zero attached hydrogens (tertiary/aromatic N) is 4. The van der Waals surface area contributed by atoms with Crippen LogP contribution in [0.4, 0.5) is 0 Å². The van der Waals surface area contributed by atoms with E-state index >= 15 is 0 Å². The molecule has 0 saturated carbocycles. The molecule has 0 saturated heterocycles. The summed E-state index contributed by atoms with van der Waals surface area (Å²) in [6, 6.07) is 13.3. The van der Waals surface area contributed by atoms with Crippen molar-refractivity contribution < 1.29 is 5.11 Å². The molecule has 0 spiro atoms. The van der Waals surface area contributed by atoms with Gasteiger partial charge in [-0.25, -0.2) is 0 Å². The highest BCUT2D eigenvalue weighted by atomic mass is 16.3. The maximum atomic E-state index is 10.3. The van der Waals surface area contributed by atoms with Crippen LogP contribution in [0.5, 0.6) is 0 Å². The van der Waals surface area contributed by atoms with Gasteiger partial charge in [0, 0.05) is 17.5 Å². The Bertz CT molecular complexity index is 691. The summed E-state index contributed by atoms with van der Waals surface area (Å²) in [6.07, 6.45) is 2.40.